The van der Waals surface area contributed by atoms with Crippen LogP contribution in [0.15, 0.2) is 79.1 Å². The fourth-order valence-electron chi connectivity index (χ4n) is 3.47. The summed E-state index contributed by atoms with van der Waals surface area (Å²) in [4.78, 5) is 13.6. The van der Waals surface area contributed by atoms with Crippen LogP contribution in [-0.2, 0) is 7.05 Å². The van der Waals surface area contributed by atoms with Crippen LogP contribution in [0.4, 0.5) is 0 Å². The minimum atomic E-state index is 0.521. The van der Waals surface area contributed by atoms with Gasteiger partial charge in [0.1, 0.15) is 17.3 Å². The second-order valence-electron chi connectivity index (χ2n) is 6.81. The molecule has 0 spiro atoms. The number of para-hydroxylation sites is 1. The molecule has 0 amide bonds. The molecule has 6 nitrogen and oxygen atoms in total. The average Bonchev–Trinajstić information content (AvgIpc) is 3.31. The van der Waals surface area contributed by atoms with Gasteiger partial charge in [0.05, 0.1) is 11.0 Å². The Labute approximate surface area is 168 Å². The Bertz CT molecular complexity index is 1300. The van der Waals surface area contributed by atoms with Crippen molar-refractivity contribution < 1.29 is 4.74 Å². The Morgan fingerprint density at radius 3 is 2.55 bits per heavy atom. The van der Waals surface area contributed by atoms with Crippen LogP contribution in [0.25, 0.3) is 28.2 Å². The summed E-state index contributed by atoms with van der Waals surface area (Å²) in [7, 11) is 1.94. The predicted octanol–water partition coefficient (Wildman–Crippen LogP) is 4.92. The summed E-state index contributed by atoms with van der Waals surface area (Å²) in [6, 6.07) is 21.8. The third-order valence-electron chi connectivity index (χ3n) is 4.80. The van der Waals surface area contributed by atoms with E-state index in [0.29, 0.717) is 11.6 Å². The van der Waals surface area contributed by atoms with E-state index in [1.165, 1.54) is 0 Å². The molecule has 0 aliphatic rings. The molecule has 0 fully saturated rings. The Hall–Kier alpha value is -3.93. The van der Waals surface area contributed by atoms with Crippen molar-refractivity contribution in [3.8, 4) is 28.8 Å². The number of imidazole rings is 2. The molecule has 3 heterocycles. The van der Waals surface area contributed by atoms with Crippen molar-refractivity contribution in [2.75, 3.05) is 0 Å². The summed E-state index contributed by atoms with van der Waals surface area (Å²) in [6.45, 7) is 2.01. The van der Waals surface area contributed by atoms with Gasteiger partial charge in [0.2, 0.25) is 5.88 Å². The van der Waals surface area contributed by atoms with Crippen molar-refractivity contribution in [3.63, 3.8) is 0 Å². The minimum Gasteiger partial charge on any atom is -0.439 e. The number of nitrogens with zero attached hydrogens (tertiary/aromatic N) is 5. The SMILES string of the molecule is Cc1nc2ccc(Oc3cccc(-c4nccn4C)n3)cc2n1-c1ccccc1. The van der Waals surface area contributed by atoms with E-state index in [4.69, 9.17) is 4.74 Å². The van der Waals surface area contributed by atoms with Gasteiger partial charge in [-0.15, -0.1) is 0 Å². The second kappa shape index (κ2) is 6.91. The van der Waals surface area contributed by atoms with Gasteiger partial charge in [-0.05, 0) is 37.3 Å². The summed E-state index contributed by atoms with van der Waals surface area (Å²) in [5.41, 5.74) is 3.75. The highest BCUT2D eigenvalue weighted by Crippen LogP contribution is 2.28. The third kappa shape index (κ3) is 3.14. The van der Waals surface area contributed by atoms with Crippen molar-refractivity contribution in [1.29, 1.82) is 0 Å². The molecule has 0 saturated carbocycles. The number of fused-ring (bicyclic) bond motifs is 1. The lowest BCUT2D eigenvalue weighted by molar-refractivity contribution is 0.464. The van der Waals surface area contributed by atoms with Crippen LogP contribution in [0.1, 0.15) is 5.82 Å². The number of aryl methyl sites for hydroxylation is 2. The Kier molecular flexibility index (Phi) is 4.09. The summed E-state index contributed by atoms with van der Waals surface area (Å²) < 4.78 is 10.1. The highest BCUT2D eigenvalue weighted by atomic mass is 16.5. The third-order valence-corrected chi connectivity index (χ3v) is 4.80. The van der Waals surface area contributed by atoms with Crippen LogP contribution in [0, 0.1) is 6.92 Å². The summed E-state index contributed by atoms with van der Waals surface area (Å²) in [5.74, 6) is 2.95. The predicted molar refractivity (Wildman–Crippen MR) is 112 cm³/mol. The lowest BCUT2D eigenvalue weighted by Crippen LogP contribution is -1.97. The van der Waals surface area contributed by atoms with Crippen LogP contribution in [0.3, 0.4) is 0 Å². The molecule has 0 atom stereocenters. The first kappa shape index (κ1) is 17.2. The zero-order valence-electron chi connectivity index (χ0n) is 16.1. The number of hydrogen-bond acceptors (Lipinski definition) is 4. The highest BCUT2D eigenvalue weighted by molar-refractivity contribution is 5.80. The van der Waals surface area contributed by atoms with Crippen molar-refractivity contribution >= 4 is 11.0 Å². The highest BCUT2D eigenvalue weighted by Gasteiger charge is 2.12. The van der Waals surface area contributed by atoms with E-state index < -0.39 is 0 Å². The largest absolute Gasteiger partial charge is 0.439 e. The van der Waals surface area contributed by atoms with E-state index in [9.17, 15) is 0 Å². The van der Waals surface area contributed by atoms with Crippen molar-refractivity contribution in [1.82, 2.24) is 24.1 Å². The zero-order chi connectivity index (χ0) is 19.8. The van der Waals surface area contributed by atoms with Gasteiger partial charge >= 0.3 is 0 Å². The first-order valence-electron chi connectivity index (χ1n) is 9.36. The molecule has 29 heavy (non-hydrogen) atoms. The monoisotopic (exact) mass is 381 g/mol. The van der Waals surface area contributed by atoms with E-state index in [0.717, 1.165) is 34.1 Å². The van der Waals surface area contributed by atoms with Gasteiger partial charge in [-0.25, -0.2) is 15.0 Å². The number of benzene rings is 2. The molecule has 0 bridgehead atoms. The van der Waals surface area contributed by atoms with Crippen LogP contribution in [0.5, 0.6) is 11.6 Å². The van der Waals surface area contributed by atoms with Gasteiger partial charge in [-0.1, -0.05) is 24.3 Å². The van der Waals surface area contributed by atoms with Crippen LogP contribution in [-0.4, -0.2) is 24.1 Å². The maximum atomic E-state index is 6.08. The van der Waals surface area contributed by atoms with Gasteiger partial charge in [0, 0.05) is 37.3 Å². The minimum absolute atomic E-state index is 0.521. The molecule has 5 aromatic rings. The number of rotatable bonds is 4. The molecule has 0 aliphatic heterocycles. The molecule has 0 radical (unpaired) electrons. The van der Waals surface area contributed by atoms with E-state index in [1.54, 1.807) is 6.20 Å². The normalized spacial score (nSPS) is 11.1. The lowest BCUT2D eigenvalue weighted by Gasteiger charge is -2.09. The molecule has 142 valence electrons. The molecule has 0 unspecified atom stereocenters. The van der Waals surface area contributed by atoms with Gasteiger partial charge in [0.25, 0.3) is 0 Å². The number of pyridine rings is 1. The Balaban J connectivity index is 1.53. The van der Waals surface area contributed by atoms with E-state index >= 15 is 0 Å². The first-order chi connectivity index (χ1) is 14.2. The molecule has 3 aromatic heterocycles. The molecule has 0 aliphatic carbocycles. The van der Waals surface area contributed by atoms with Crippen molar-refractivity contribution in [2.24, 2.45) is 7.05 Å². The van der Waals surface area contributed by atoms with E-state index in [-0.39, 0.29) is 0 Å². The van der Waals surface area contributed by atoms with E-state index in [1.807, 2.05) is 79.3 Å². The maximum Gasteiger partial charge on any atom is 0.219 e. The van der Waals surface area contributed by atoms with Crippen molar-refractivity contribution in [2.45, 2.75) is 6.92 Å². The molecule has 0 N–H and O–H groups in total. The quantitative estimate of drug-likeness (QED) is 0.443. The number of aromatic nitrogens is 5. The lowest BCUT2D eigenvalue weighted by atomic mass is 10.2. The van der Waals surface area contributed by atoms with Crippen LogP contribution >= 0.6 is 0 Å². The topological polar surface area (TPSA) is 57.8 Å². The van der Waals surface area contributed by atoms with Gasteiger partial charge in [-0.3, -0.25) is 4.57 Å². The standard InChI is InChI=1S/C23H19N5O/c1-16-25-19-12-11-18(15-21(19)28(16)17-7-4-3-5-8-17)29-22-10-6-9-20(26-22)23-24-13-14-27(23)2/h3-15H,1-2H3. The molecule has 2 aromatic carbocycles. The first-order valence-corrected chi connectivity index (χ1v) is 9.36. The Morgan fingerprint density at radius 2 is 1.76 bits per heavy atom. The second-order valence-corrected chi connectivity index (χ2v) is 6.81. The smallest absolute Gasteiger partial charge is 0.219 e. The molecular formula is C23H19N5O. The summed E-state index contributed by atoms with van der Waals surface area (Å²) in [5, 5.41) is 0. The van der Waals surface area contributed by atoms with Gasteiger partial charge in [-0.2, -0.15) is 0 Å². The fourth-order valence-corrected chi connectivity index (χ4v) is 3.47. The van der Waals surface area contributed by atoms with Crippen LogP contribution in [0.2, 0.25) is 0 Å². The maximum absolute atomic E-state index is 6.08. The zero-order valence-corrected chi connectivity index (χ0v) is 16.1. The fraction of sp³-hybridized carbons (Fsp3) is 0.0870. The van der Waals surface area contributed by atoms with Crippen LogP contribution < -0.4 is 4.74 Å². The summed E-state index contributed by atoms with van der Waals surface area (Å²) in [6.07, 6.45) is 3.65. The number of ether oxygens (including phenoxy) is 1. The van der Waals surface area contributed by atoms with Gasteiger partial charge in [0.15, 0.2) is 5.82 Å². The van der Waals surface area contributed by atoms with Gasteiger partial charge < -0.3 is 9.30 Å². The van der Waals surface area contributed by atoms with E-state index in [2.05, 4.69) is 31.7 Å². The number of hydrogen-bond donors (Lipinski definition) is 0. The Morgan fingerprint density at radius 1 is 0.897 bits per heavy atom. The molecule has 5 rings (SSSR count). The average molecular weight is 381 g/mol. The molecular weight excluding hydrogens is 362 g/mol. The summed E-state index contributed by atoms with van der Waals surface area (Å²) >= 11 is 0. The molecule has 0 saturated heterocycles. The molecule has 6 heteroatoms. The van der Waals surface area contributed by atoms with Crippen molar-refractivity contribution in [3.05, 3.63) is 84.9 Å².